The van der Waals surface area contributed by atoms with Gasteiger partial charge in [-0.3, -0.25) is 9.59 Å². The van der Waals surface area contributed by atoms with Crippen LogP contribution in [0.2, 0.25) is 5.02 Å². The van der Waals surface area contributed by atoms with Crippen molar-refractivity contribution in [3.8, 4) is 5.69 Å². The Morgan fingerprint density at radius 1 is 1.24 bits per heavy atom. The standard InChI is InChI=1S/C19H22ClF3N4O2/c1-3-8-24-16(28)12-26(9-4-2)18(29)15-11-25-27(17(15)19(21,22)23)14-7-5-6-13(20)10-14/h5-7,10-11H,3-4,8-9,12H2,1-2H3,(H,24,28). The van der Waals surface area contributed by atoms with E-state index in [1.807, 2.05) is 6.92 Å². The van der Waals surface area contributed by atoms with Gasteiger partial charge in [-0.15, -0.1) is 0 Å². The molecule has 0 aliphatic heterocycles. The van der Waals surface area contributed by atoms with Gasteiger partial charge in [0.2, 0.25) is 5.91 Å². The van der Waals surface area contributed by atoms with Crippen molar-refractivity contribution in [1.29, 1.82) is 0 Å². The summed E-state index contributed by atoms with van der Waals surface area (Å²) >= 11 is 5.88. The molecule has 0 aliphatic carbocycles. The zero-order valence-electron chi connectivity index (χ0n) is 16.1. The Kier molecular flexibility index (Phi) is 7.66. The minimum atomic E-state index is -4.84. The van der Waals surface area contributed by atoms with Crippen molar-refractivity contribution in [3.63, 3.8) is 0 Å². The quantitative estimate of drug-likeness (QED) is 0.690. The van der Waals surface area contributed by atoms with E-state index in [9.17, 15) is 22.8 Å². The van der Waals surface area contributed by atoms with Gasteiger partial charge >= 0.3 is 6.18 Å². The number of carbonyl (C=O) groups excluding carboxylic acids is 2. The van der Waals surface area contributed by atoms with E-state index in [-0.39, 0.29) is 23.8 Å². The third-order valence-corrected chi connectivity index (χ3v) is 4.24. The molecule has 29 heavy (non-hydrogen) atoms. The van der Waals surface area contributed by atoms with E-state index in [0.29, 0.717) is 24.1 Å². The number of halogens is 4. The van der Waals surface area contributed by atoms with Crippen LogP contribution in [0.5, 0.6) is 0 Å². The highest BCUT2D eigenvalue weighted by molar-refractivity contribution is 6.30. The number of alkyl halides is 3. The van der Waals surface area contributed by atoms with Crippen molar-refractivity contribution in [1.82, 2.24) is 20.0 Å². The molecule has 2 amide bonds. The fourth-order valence-corrected chi connectivity index (χ4v) is 2.95. The lowest BCUT2D eigenvalue weighted by molar-refractivity contribution is -0.143. The normalized spacial score (nSPS) is 11.4. The van der Waals surface area contributed by atoms with Crippen molar-refractivity contribution in [3.05, 3.63) is 46.7 Å². The van der Waals surface area contributed by atoms with Gasteiger partial charge in [0, 0.05) is 18.1 Å². The number of amides is 2. The Hall–Kier alpha value is -2.55. The summed E-state index contributed by atoms with van der Waals surface area (Å²) in [5.74, 6) is -1.33. The van der Waals surface area contributed by atoms with Crippen molar-refractivity contribution in [2.45, 2.75) is 32.9 Å². The predicted molar refractivity (Wildman–Crippen MR) is 103 cm³/mol. The number of benzene rings is 1. The second-order valence-electron chi connectivity index (χ2n) is 6.37. The smallest absolute Gasteiger partial charge is 0.355 e. The molecule has 2 rings (SSSR count). The third kappa shape index (κ3) is 5.72. The van der Waals surface area contributed by atoms with Crippen LogP contribution < -0.4 is 5.32 Å². The topological polar surface area (TPSA) is 67.2 Å². The van der Waals surface area contributed by atoms with Gasteiger partial charge < -0.3 is 10.2 Å². The number of aromatic nitrogens is 2. The molecule has 1 N–H and O–H groups in total. The van der Waals surface area contributed by atoms with Crippen LogP contribution in [0.15, 0.2) is 30.5 Å². The molecule has 0 spiro atoms. The Bertz CT molecular complexity index is 867. The van der Waals surface area contributed by atoms with Crippen LogP contribution in [0.1, 0.15) is 42.7 Å². The van der Waals surface area contributed by atoms with E-state index in [2.05, 4.69) is 10.4 Å². The molecule has 0 bridgehead atoms. The van der Waals surface area contributed by atoms with Gasteiger partial charge in [-0.05, 0) is 31.0 Å². The molecule has 6 nitrogen and oxygen atoms in total. The summed E-state index contributed by atoms with van der Waals surface area (Å²) in [4.78, 5) is 26.0. The van der Waals surface area contributed by atoms with Gasteiger partial charge in [-0.1, -0.05) is 31.5 Å². The molecule has 0 fully saturated rings. The fourth-order valence-electron chi connectivity index (χ4n) is 2.77. The van der Waals surface area contributed by atoms with E-state index in [1.165, 1.54) is 24.3 Å². The van der Waals surface area contributed by atoms with Gasteiger partial charge in [0.05, 0.1) is 24.0 Å². The zero-order valence-corrected chi connectivity index (χ0v) is 16.8. The first-order valence-electron chi connectivity index (χ1n) is 9.16. The second kappa shape index (κ2) is 9.78. The lowest BCUT2D eigenvalue weighted by Gasteiger charge is -2.22. The highest BCUT2D eigenvalue weighted by Crippen LogP contribution is 2.34. The predicted octanol–water partition coefficient (Wildman–Crippen LogP) is 3.92. The molecule has 1 aromatic heterocycles. The molecule has 10 heteroatoms. The molecule has 1 heterocycles. The van der Waals surface area contributed by atoms with E-state index in [1.54, 1.807) is 6.92 Å². The van der Waals surface area contributed by atoms with Crippen molar-refractivity contribution < 1.29 is 22.8 Å². The van der Waals surface area contributed by atoms with Gasteiger partial charge in [-0.2, -0.15) is 18.3 Å². The minimum Gasteiger partial charge on any atom is -0.355 e. The Morgan fingerprint density at radius 3 is 2.55 bits per heavy atom. The third-order valence-electron chi connectivity index (χ3n) is 4.01. The molecule has 0 unspecified atom stereocenters. The molecule has 2 aromatic rings. The summed E-state index contributed by atoms with van der Waals surface area (Å²) in [7, 11) is 0. The molecule has 0 saturated carbocycles. The average molecular weight is 431 g/mol. The lowest BCUT2D eigenvalue weighted by Crippen LogP contribution is -2.41. The summed E-state index contributed by atoms with van der Waals surface area (Å²) in [6, 6.07) is 5.73. The molecule has 0 aliphatic rings. The van der Waals surface area contributed by atoms with Gasteiger partial charge in [0.25, 0.3) is 5.91 Å². The number of hydrogen-bond donors (Lipinski definition) is 1. The number of hydrogen-bond acceptors (Lipinski definition) is 3. The summed E-state index contributed by atoms with van der Waals surface area (Å²) < 4.78 is 42.1. The molecule has 0 atom stereocenters. The maximum atomic E-state index is 13.8. The Balaban J connectivity index is 2.43. The molecule has 158 valence electrons. The number of carbonyl (C=O) groups is 2. The molecule has 0 radical (unpaired) electrons. The zero-order chi connectivity index (χ0) is 21.6. The minimum absolute atomic E-state index is 0.0756. The van der Waals surface area contributed by atoms with Crippen LogP contribution in [0.4, 0.5) is 13.2 Å². The van der Waals surface area contributed by atoms with Crippen LogP contribution >= 0.6 is 11.6 Å². The molecular weight excluding hydrogens is 409 g/mol. The van der Waals surface area contributed by atoms with Crippen LogP contribution in [0.25, 0.3) is 5.69 Å². The van der Waals surface area contributed by atoms with E-state index in [0.717, 1.165) is 11.1 Å². The number of nitrogens with one attached hydrogen (secondary N) is 1. The maximum Gasteiger partial charge on any atom is 0.434 e. The van der Waals surface area contributed by atoms with Crippen LogP contribution in [0, 0.1) is 0 Å². The number of nitrogens with zero attached hydrogens (tertiary/aromatic N) is 3. The summed E-state index contributed by atoms with van der Waals surface area (Å²) in [6.45, 7) is 3.87. The lowest BCUT2D eigenvalue weighted by atomic mass is 10.2. The van der Waals surface area contributed by atoms with E-state index < -0.39 is 29.2 Å². The summed E-state index contributed by atoms with van der Waals surface area (Å²) in [6.07, 6.45) is -2.78. The van der Waals surface area contributed by atoms with Crippen molar-refractivity contribution >= 4 is 23.4 Å². The van der Waals surface area contributed by atoms with Gasteiger partial charge in [0.1, 0.15) is 0 Å². The molecular formula is C19H22ClF3N4O2. The number of rotatable bonds is 8. The van der Waals surface area contributed by atoms with Gasteiger partial charge in [-0.25, -0.2) is 4.68 Å². The highest BCUT2D eigenvalue weighted by atomic mass is 35.5. The van der Waals surface area contributed by atoms with Gasteiger partial charge in [0.15, 0.2) is 5.69 Å². The Morgan fingerprint density at radius 2 is 1.97 bits per heavy atom. The van der Waals surface area contributed by atoms with Crippen LogP contribution in [-0.4, -0.2) is 46.1 Å². The first-order chi connectivity index (χ1) is 13.7. The van der Waals surface area contributed by atoms with Crippen LogP contribution in [0.3, 0.4) is 0 Å². The SMILES string of the molecule is CCCNC(=O)CN(CCC)C(=O)c1cnn(-c2cccc(Cl)c2)c1C(F)(F)F. The Labute approximate surface area is 171 Å². The van der Waals surface area contributed by atoms with Crippen molar-refractivity contribution in [2.75, 3.05) is 19.6 Å². The molecule has 0 saturated heterocycles. The molecule has 1 aromatic carbocycles. The first-order valence-corrected chi connectivity index (χ1v) is 9.53. The largest absolute Gasteiger partial charge is 0.434 e. The van der Waals surface area contributed by atoms with E-state index >= 15 is 0 Å². The van der Waals surface area contributed by atoms with Crippen LogP contribution in [-0.2, 0) is 11.0 Å². The monoisotopic (exact) mass is 430 g/mol. The average Bonchev–Trinajstić information content (AvgIpc) is 3.11. The fraction of sp³-hybridized carbons (Fsp3) is 0.421. The second-order valence-corrected chi connectivity index (χ2v) is 6.81. The highest BCUT2D eigenvalue weighted by Gasteiger charge is 2.41. The maximum absolute atomic E-state index is 13.8. The van der Waals surface area contributed by atoms with Crippen molar-refractivity contribution in [2.24, 2.45) is 0 Å². The summed E-state index contributed by atoms with van der Waals surface area (Å²) in [5.41, 5.74) is -1.75. The summed E-state index contributed by atoms with van der Waals surface area (Å²) in [5, 5.41) is 6.63. The first kappa shape index (κ1) is 22.7. The van der Waals surface area contributed by atoms with E-state index in [4.69, 9.17) is 11.6 Å².